The SMILES string of the molecule is CCCCCCCCCCCCCCOC(=O)[n+]1ccc(-c2cccnc2)cc1. The van der Waals surface area contributed by atoms with Gasteiger partial charge in [-0.1, -0.05) is 88.2 Å². The molecule has 2 aromatic rings. The van der Waals surface area contributed by atoms with Crippen molar-refractivity contribution in [1.29, 1.82) is 0 Å². The first-order chi connectivity index (χ1) is 14.3. The lowest BCUT2D eigenvalue weighted by Gasteiger charge is -2.03. The van der Waals surface area contributed by atoms with E-state index in [0.717, 1.165) is 24.0 Å². The molecule has 0 fully saturated rings. The third kappa shape index (κ3) is 9.69. The van der Waals surface area contributed by atoms with Crippen molar-refractivity contribution in [2.75, 3.05) is 6.61 Å². The summed E-state index contributed by atoms with van der Waals surface area (Å²) in [4.78, 5) is 16.2. The molecule has 0 atom stereocenters. The third-order valence-electron chi connectivity index (χ3n) is 5.26. The molecule has 0 spiro atoms. The smallest absolute Gasteiger partial charge is 0.412 e. The molecule has 0 radical (unpaired) electrons. The van der Waals surface area contributed by atoms with E-state index >= 15 is 0 Å². The molecule has 4 nitrogen and oxygen atoms in total. The van der Waals surface area contributed by atoms with Gasteiger partial charge in [0, 0.05) is 30.1 Å². The molecule has 4 heteroatoms. The first kappa shape index (κ1) is 23.1. The van der Waals surface area contributed by atoms with Crippen LogP contribution in [0.1, 0.15) is 84.0 Å². The zero-order chi connectivity index (χ0) is 20.6. The molecule has 0 amide bonds. The first-order valence-corrected chi connectivity index (χ1v) is 11.4. The fraction of sp³-hybridized carbons (Fsp3) is 0.560. The number of rotatable bonds is 14. The highest BCUT2D eigenvalue weighted by atomic mass is 16.5. The minimum atomic E-state index is -0.314. The Morgan fingerprint density at radius 1 is 0.828 bits per heavy atom. The van der Waals surface area contributed by atoms with Crippen LogP contribution in [0, 0.1) is 0 Å². The molecular formula is C25H37N2O2+. The predicted octanol–water partition coefficient (Wildman–Crippen LogP) is 6.72. The average molecular weight is 398 g/mol. The second kappa shape index (κ2) is 14.7. The number of carbonyl (C=O) groups excluding carboxylic acids is 1. The molecule has 0 bridgehead atoms. The van der Waals surface area contributed by atoms with Crippen LogP contribution in [0.5, 0.6) is 0 Å². The first-order valence-electron chi connectivity index (χ1n) is 11.4. The lowest BCUT2D eigenvalue weighted by atomic mass is 10.1. The highest BCUT2D eigenvalue weighted by Crippen LogP contribution is 2.15. The molecule has 2 heterocycles. The third-order valence-corrected chi connectivity index (χ3v) is 5.26. The van der Waals surface area contributed by atoms with Crippen LogP contribution in [0.15, 0.2) is 49.1 Å². The van der Waals surface area contributed by atoms with Gasteiger partial charge in [-0.3, -0.25) is 4.98 Å². The summed E-state index contributed by atoms with van der Waals surface area (Å²) in [6.07, 6.45) is 22.4. The number of aromatic nitrogens is 2. The highest BCUT2D eigenvalue weighted by molar-refractivity contribution is 5.62. The second-order valence-corrected chi connectivity index (χ2v) is 7.74. The largest absolute Gasteiger partial charge is 0.601 e. The van der Waals surface area contributed by atoms with Crippen LogP contribution in [-0.2, 0) is 4.74 Å². The molecule has 0 N–H and O–H groups in total. The molecule has 0 saturated heterocycles. The van der Waals surface area contributed by atoms with Crippen LogP contribution in [0.4, 0.5) is 4.79 Å². The van der Waals surface area contributed by atoms with Crippen LogP contribution in [0.2, 0.25) is 0 Å². The van der Waals surface area contributed by atoms with Gasteiger partial charge in [0.05, 0.1) is 6.61 Å². The summed E-state index contributed by atoms with van der Waals surface area (Å²) in [5.74, 6) is 0. The average Bonchev–Trinajstić information content (AvgIpc) is 2.77. The summed E-state index contributed by atoms with van der Waals surface area (Å²) in [7, 11) is 0. The van der Waals surface area contributed by atoms with Crippen molar-refractivity contribution in [3.8, 4) is 11.1 Å². The standard InChI is InChI=1S/C25H37N2O2/c1-2-3-4-5-6-7-8-9-10-11-12-13-21-29-25(28)27-19-16-23(17-20-27)24-15-14-18-26-22-24/h14-20,22H,2-13,21H2,1H3/q+1. The molecule has 2 rings (SSSR count). The summed E-state index contributed by atoms with van der Waals surface area (Å²) in [5, 5.41) is 0. The molecule has 158 valence electrons. The van der Waals surface area contributed by atoms with Crippen LogP contribution in [0.25, 0.3) is 11.1 Å². The van der Waals surface area contributed by atoms with Gasteiger partial charge in [-0.05, 0) is 18.1 Å². The quantitative estimate of drug-likeness (QED) is 0.262. The van der Waals surface area contributed by atoms with Crippen molar-refractivity contribution in [1.82, 2.24) is 4.98 Å². The minimum absolute atomic E-state index is 0.314. The molecule has 2 aromatic heterocycles. The number of unbranched alkanes of at least 4 members (excludes halogenated alkanes) is 11. The normalized spacial score (nSPS) is 10.8. The summed E-state index contributed by atoms with van der Waals surface area (Å²) >= 11 is 0. The Balaban J connectivity index is 1.49. The van der Waals surface area contributed by atoms with Gasteiger partial charge in [0.15, 0.2) is 12.4 Å². The Morgan fingerprint density at radius 2 is 1.41 bits per heavy atom. The van der Waals surface area contributed by atoms with E-state index in [2.05, 4.69) is 11.9 Å². The topological polar surface area (TPSA) is 43.1 Å². The predicted molar refractivity (Wildman–Crippen MR) is 118 cm³/mol. The number of nitrogens with zero attached hydrogens (tertiary/aromatic N) is 2. The maximum Gasteiger partial charge on any atom is 0.601 e. The van der Waals surface area contributed by atoms with E-state index in [1.807, 2.05) is 30.5 Å². The van der Waals surface area contributed by atoms with Gasteiger partial charge in [-0.25, -0.2) is 0 Å². The van der Waals surface area contributed by atoms with E-state index < -0.39 is 0 Å². The summed E-state index contributed by atoms with van der Waals surface area (Å²) in [5.41, 5.74) is 2.06. The van der Waals surface area contributed by atoms with Crippen LogP contribution >= 0.6 is 0 Å². The lowest BCUT2D eigenvalue weighted by Crippen LogP contribution is -2.42. The fourth-order valence-electron chi connectivity index (χ4n) is 3.45. The molecule has 0 aliphatic carbocycles. The maximum absolute atomic E-state index is 12.1. The van der Waals surface area contributed by atoms with Crippen molar-refractivity contribution in [3.05, 3.63) is 49.1 Å². The van der Waals surface area contributed by atoms with Crippen molar-refractivity contribution < 1.29 is 14.1 Å². The van der Waals surface area contributed by atoms with E-state index in [-0.39, 0.29) is 6.09 Å². The van der Waals surface area contributed by atoms with Crippen molar-refractivity contribution in [3.63, 3.8) is 0 Å². The van der Waals surface area contributed by atoms with Crippen LogP contribution in [-0.4, -0.2) is 17.7 Å². The van der Waals surface area contributed by atoms with Crippen molar-refractivity contribution >= 4 is 6.09 Å². The summed E-state index contributed by atoms with van der Waals surface area (Å²) in [6.45, 7) is 2.76. The van der Waals surface area contributed by atoms with Gasteiger partial charge < -0.3 is 4.74 Å². The Labute approximate surface area is 176 Å². The van der Waals surface area contributed by atoms with Gasteiger partial charge in [-0.2, -0.15) is 4.79 Å². The second-order valence-electron chi connectivity index (χ2n) is 7.74. The number of hydrogen-bond acceptors (Lipinski definition) is 3. The maximum atomic E-state index is 12.1. The zero-order valence-electron chi connectivity index (χ0n) is 18.0. The van der Waals surface area contributed by atoms with E-state index in [1.165, 1.54) is 68.8 Å². The fourth-order valence-corrected chi connectivity index (χ4v) is 3.45. The molecule has 0 unspecified atom stereocenters. The van der Waals surface area contributed by atoms with Crippen LogP contribution < -0.4 is 4.57 Å². The van der Waals surface area contributed by atoms with Gasteiger partial charge in [0.1, 0.15) is 0 Å². The monoisotopic (exact) mass is 397 g/mol. The molecular weight excluding hydrogens is 360 g/mol. The minimum Gasteiger partial charge on any atom is -0.412 e. The van der Waals surface area contributed by atoms with Crippen molar-refractivity contribution in [2.45, 2.75) is 84.0 Å². The Hall–Kier alpha value is -2.23. The van der Waals surface area contributed by atoms with Gasteiger partial charge >= 0.3 is 6.09 Å². The number of ether oxygens (including phenoxy) is 1. The van der Waals surface area contributed by atoms with E-state index in [4.69, 9.17) is 4.74 Å². The summed E-state index contributed by atoms with van der Waals surface area (Å²) in [6, 6.07) is 7.71. The van der Waals surface area contributed by atoms with Gasteiger partial charge in [0.2, 0.25) is 0 Å². The lowest BCUT2D eigenvalue weighted by molar-refractivity contribution is -0.586. The van der Waals surface area contributed by atoms with E-state index in [1.54, 1.807) is 18.6 Å². The number of pyridine rings is 2. The van der Waals surface area contributed by atoms with Crippen molar-refractivity contribution in [2.24, 2.45) is 0 Å². The highest BCUT2D eigenvalue weighted by Gasteiger charge is 2.15. The molecule has 29 heavy (non-hydrogen) atoms. The molecule has 0 aromatic carbocycles. The summed E-state index contributed by atoms with van der Waals surface area (Å²) < 4.78 is 6.86. The number of carbonyl (C=O) groups is 1. The molecule has 0 aliphatic heterocycles. The molecule has 0 aliphatic rings. The number of hydrogen-bond donors (Lipinski definition) is 0. The Kier molecular flexibility index (Phi) is 11.7. The van der Waals surface area contributed by atoms with Crippen LogP contribution in [0.3, 0.4) is 0 Å². The molecule has 0 saturated carbocycles. The Morgan fingerprint density at radius 3 is 1.97 bits per heavy atom. The van der Waals surface area contributed by atoms with E-state index in [0.29, 0.717) is 6.61 Å². The zero-order valence-corrected chi connectivity index (χ0v) is 18.0. The van der Waals surface area contributed by atoms with Gasteiger partial charge in [0.25, 0.3) is 0 Å². The Bertz CT molecular complexity index is 671. The van der Waals surface area contributed by atoms with E-state index in [9.17, 15) is 4.79 Å². The van der Waals surface area contributed by atoms with Gasteiger partial charge in [-0.15, -0.1) is 0 Å².